The van der Waals surface area contributed by atoms with Crippen molar-refractivity contribution in [1.29, 1.82) is 0 Å². The highest BCUT2D eigenvalue weighted by Crippen LogP contribution is 2.36. The molecule has 1 saturated heterocycles. The molecule has 0 unspecified atom stereocenters. The van der Waals surface area contributed by atoms with Gasteiger partial charge in [-0.05, 0) is 97.5 Å². The zero-order chi connectivity index (χ0) is 33.3. The third-order valence-corrected chi connectivity index (χ3v) is 12.3. The van der Waals surface area contributed by atoms with Gasteiger partial charge in [-0.15, -0.1) is 0 Å². The number of likely N-dealkylation sites (tertiary alicyclic amines) is 1. The molecule has 4 heterocycles. The van der Waals surface area contributed by atoms with Crippen molar-refractivity contribution < 1.29 is 13.2 Å². The van der Waals surface area contributed by atoms with E-state index in [2.05, 4.69) is 59.9 Å². The van der Waals surface area contributed by atoms with Gasteiger partial charge in [-0.2, -0.15) is 9.19 Å². The van der Waals surface area contributed by atoms with Crippen LogP contribution in [0.2, 0.25) is 0 Å². The van der Waals surface area contributed by atoms with Crippen molar-refractivity contribution in [3.63, 3.8) is 0 Å². The Bertz CT molecular complexity index is 1690. The van der Waals surface area contributed by atoms with E-state index < -0.39 is 10.0 Å². The van der Waals surface area contributed by atoms with Crippen LogP contribution in [-0.4, -0.2) is 112 Å². The lowest BCUT2D eigenvalue weighted by Crippen LogP contribution is -2.45. The van der Waals surface area contributed by atoms with E-state index in [9.17, 15) is 13.2 Å². The molecule has 258 valence electrons. The smallest absolute Gasteiger partial charge is 0.256 e. The van der Waals surface area contributed by atoms with Crippen molar-refractivity contribution in [3.05, 3.63) is 42.5 Å². The molecule has 3 aliphatic carbocycles. The number of rotatable bonds is 14. The summed E-state index contributed by atoms with van der Waals surface area (Å²) in [6, 6.07) is 5.15. The molecule has 0 aromatic carbocycles. The van der Waals surface area contributed by atoms with Gasteiger partial charge >= 0.3 is 0 Å². The minimum atomic E-state index is -3.47. The fraction of sp³-hybridized carbons (Fsp3) is 0.618. The fourth-order valence-electron chi connectivity index (χ4n) is 6.93. The van der Waals surface area contributed by atoms with Gasteiger partial charge in [-0.1, -0.05) is 0 Å². The predicted octanol–water partition coefficient (Wildman–Crippen LogP) is 3.75. The fourth-order valence-corrected chi connectivity index (χ4v) is 8.41. The molecule has 48 heavy (non-hydrogen) atoms. The van der Waals surface area contributed by atoms with Crippen molar-refractivity contribution in [2.24, 2.45) is 5.92 Å². The van der Waals surface area contributed by atoms with Crippen LogP contribution in [0.15, 0.2) is 36.9 Å². The molecule has 0 amide bonds. The number of Topliss-reactive ketones (excluding diaryl/α,β-unsaturated/α-hetero) is 1. The van der Waals surface area contributed by atoms with Crippen molar-refractivity contribution in [1.82, 2.24) is 39.3 Å². The third-order valence-electron chi connectivity index (χ3n) is 10.3. The molecule has 4 fully saturated rings. The van der Waals surface area contributed by atoms with Gasteiger partial charge < -0.3 is 25.8 Å². The van der Waals surface area contributed by atoms with Crippen molar-refractivity contribution in [2.45, 2.75) is 87.6 Å². The van der Waals surface area contributed by atoms with Crippen LogP contribution in [-0.2, 0) is 10.0 Å². The first-order valence-electron chi connectivity index (χ1n) is 17.6. The number of piperidine rings is 1. The topological polar surface area (TPSA) is 150 Å². The van der Waals surface area contributed by atoms with E-state index in [1.54, 1.807) is 18.5 Å². The zero-order valence-corrected chi connectivity index (χ0v) is 28.8. The molecule has 0 spiro atoms. The predicted molar refractivity (Wildman–Crippen MR) is 186 cm³/mol. The minimum absolute atomic E-state index is 0.0915. The second-order valence-corrected chi connectivity index (χ2v) is 16.2. The molecule has 4 aliphatic rings. The summed E-state index contributed by atoms with van der Waals surface area (Å²) < 4.78 is 26.2. The van der Waals surface area contributed by atoms with Crippen molar-refractivity contribution in [2.75, 3.05) is 50.9 Å². The summed E-state index contributed by atoms with van der Waals surface area (Å²) in [6.07, 6.45) is 16.2. The van der Waals surface area contributed by atoms with E-state index in [1.807, 2.05) is 6.07 Å². The van der Waals surface area contributed by atoms with E-state index in [1.165, 1.54) is 38.3 Å². The van der Waals surface area contributed by atoms with Crippen LogP contribution in [0, 0.1) is 5.92 Å². The average Bonchev–Trinajstić information content (AvgIpc) is 4.03. The number of ketones is 1. The number of pyridine rings is 1. The first-order chi connectivity index (χ1) is 23.2. The van der Waals surface area contributed by atoms with E-state index in [0.29, 0.717) is 53.5 Å². The molecular weight excluding hydrogens is 629 g/mol. The van der Waals surface area contributed by atoms with Gasteiger partial charge in [0.05, 0.1) is 34.5 Å². The van der Waals surface area contributed by atoms with Crippen LogP contribution in [0.4, 0.5) is 17.3 Å². The van der Waals surface area contributed by atoms with Gasteiger partial charge in [0.1, 0.15) is 11.6 Å². The molecule has 3 aromatic heterocycles. The summed E-state index contributed by atoms with van der Waals surface area (Å²) in [5.41, 5.74) is 1.97. The maximum Gasteiger partial charge on any atom is 0.256 e. The number of carbonyl (C=O) groups is 1. The van der Waals surface area contributed by atoms with Crippen LogP contribution in [0.5, 0.6) is 0 Å². The summed E-state index contributed by atoms with van der Waals surface area (Å²) in [5.74, 6) is 1.67. The van der Waals surface area contributed by atoms with Gasteiger partial charge in [-0.3, -0.25) is 4.79 Å². The molecule has 14 heteroatoms. The van der Waals surface area contributed by atoms with Gasteiger partial charge in [0.2, 0.25) is 0 Å². The number of aromatic nitrogens is 5. The maximum atomic E-state index is 13.2. The van der Waals surface area contributed by atoms with Crippen LogP contribution >= 0.6 is 0 Å². The zero-order valence-electron chi connectivity index (χ0n) is 28.0. The molecule has 0 atom stereocenters. The van der Waals surface area contributed by atoms with E-state index in [4.69, 9.17) is 0 Å². The van der Waals surface area contributed by atoms with Crippen LogP contribution in [0.1, 0.15) is 74.6 Å². The largest absolute Gasteiger partial charge is 0.382 e. The van der Waals surface area contributed by atoms with Crippen LogP contribution in [0.25, 0.3) is 11.4 Å². The van der Waals surface area contributed by atoms with Gasteiger partial charge in [0.15, 0.2) is 11.6 Å². The highest BCUT2D eigenvalue weighted by molar-refractivity contribution is 7.90. The molecule has 3 aromatic rings. The summed E-state index contributed by atoms with van der Waals surface area (Å²) in [7, 11) is 0.900. The average molecular weight is 677 g/mol. The lowest BCUT2D eigenvalue weighted by atomic mass is 9.90. The monoisotopic (exact) mass is 676 g/mol. The first-order valence-corrected chi connectivity index (χ1v) is 19.1. The first kappa shape index (κ1) is 33.1. The number of anilines is 3. The molecular formula is C34H48N10O3S. The normalized spacial score (nSPS) is 22.6. The Morgan fingerprint density at radius 3 is 2.40 bits per heavy atom. The Morgan fingerprint density at radius 1 is 0.938 bits per heavy atom. The number of hydrogen-bond acceptors (Lipinski definition) is 12. The summed E-state index contributed by atoms with van der Waals surface area (Å²) in [4.78, 5) is 31.7. The van der Waals surface area contributed by atoms with Gasteiger partial charge in [0.25, 0.3) is 10.0 Å². The highest BCUT2D eigenvalue weighted by atomic mass is 32.2. The molecule has 1 aliphatic heterocycles. The van der Waals surface area contributed by atoms with Crippen molar-refractivity contribution in [3.8, 4) is 11.4 Å². The van der Waals surface area contributed by atoms with E-state index >= 15 is 0 Å². The quantitative estimate of drug-likeness (QED) is 0.214. The molecule has 3 N–H and O–H groups in total. The van der Waals surface area contributed by atoms with E-state index in [0.717, 1.165) is 61.4 Å². The Kier molecular flexibility index (Phi) is 9.77. The molecule has 3 saturated carbocycles. The summed E-state index contributed by atoms with van der Waals surface area (Å²) in [5, 5.41) is 14.5. The van der Waals surface area contributed by atoms with Gasteiger partial charge in [-0.25, -0.2) is 23.4 Å². The standard InChI is InChI=1S/C34H48N10O3S/c1-42(2)27-12-16-43(17-13-27)18-15-35-25-5-7-26(8-6-25)39-30-19-32(37-21-29(30)33(45)23-3-4-23)40-31-11-14-36-34(41-31)24-20-38-44(22-24)48(46,47)28-9-10-28/h11,14,19-23,25-28,35H,3-10,12-13,15-18H2,1-2H3,(H2,36,37,39,40,41). The molecule has 7 rings (SSSR count). The lowest BCUT2D eigenvalue weighted by Gasteiger charge is -2.36. The summed E-state index contributed by atoms with van der Waals surface area (Å²) in [6.45, 7) is 4.50. The number of hydrogen-bond donors (Lipinski definition) is 3. The molecule has 0 radical (unpaired) electrons. The third kappa shape index (κ3) is 7.88. The highest BCUT2D eigenvalue weighted by Gasteiger charge is 2.38. The summed E-state index contributed by atoms with van der Waals surface area (Å²) >= 11 is 0. The maximum absolute atomic E-state index is 13.2. The number of nitrogens with one attached hydrogen (secondary N) is 3. The van der Waals surface area contributed by atoms with Crippen molar-refractivity contribution >= 4 is 33.1 Å². The van der Waals surface area contributed by atoms with Gasteiger partial charge in [0, 0.05) is 55.6 Å². The SMILES string of the molecule is CN(C)C1CCN(CCNC2CCC(Nc3cc(Nc4ccnc(-c5cnn(S(=O)(=O)C6CC6)c5)n4)ncc3C(=O)C3CC3)CC2)CC1. The Balaban J connectivity index is 0.958. The van der Waals surface area contributed by atoms with E-state index in [-0.39, 0.29) is 23.0 Å². The molecule has 13 nitrogen and oxygen atoms in total. The molecule has 0 bridgehead atoms. The lowest BCUT2D eigenvalue weighted by molar-refractivity contribution is 0.0968. The second-order valence-electron chi connectivity index (χ2n) is 14.2. The van der Waals surface area contributed by atoms with Crippen LogP contribution in [0.3, 0.4) is 0 Å². The number of carbonyl (C=O) groups excluding carboxylic acids is 1. The Labute approximate surface area is 283 Å². The Morgan fingerprint density at radius 2 is 1.69 bits per heavy atom. The number of nitrogens with zero attached hydrogens (tertiary/aromatic N) is 7. The van der Waals surface area contributed by atoms with Crippen LogP contribution < -0.4 is 16.0 Å². The second kappa shape index (κ2) is 14.2. The Hall–Kier alpha value is -3.46. The minimum Gasteiger partial charge on any atom is -0.382 e.